The molecule has 0 spiro atoms. The number of imidazole rings is 1. The maximum absolute atomic E-state index is 13.0. The first kappa shape index (κ1) is 18.4. The smallest absolute Gasteiger partial charge is 0.318 e. The number of nitrogens with one attached hydrogen (secondary N) is 1. The Morgan fingerprint density at radius 2 is 2.32 bits per heavy atom. The average Bonchev–Trinajstić information content (AvgIpc) is 3.35. The molecule has 146 valence electrons. The molecular weight excluding hydrogens is 354 g/mol. The Kier molecular flexibility index (Phi) is 5.53. The van der Waals surface area contributed by atoms with Gasteiger partial charge in [-0.15, -0.1) is 0 Å². The predicted molar refractivity (Wildman–Crippen MR) is 106 cm³/mol. The van der Waals surface area contributed by atoms with E-state index < -0.39 is 0 Å². The van der Waals surface area contributed by atoms with Crippen LogP contribution in [0.25, 0.3) is 5.65 Å². The van der Waals surface area contributed by atoms with E-state index in [-0.39, 0.29) is 12.1 Å². The lowest BCUT2D eigenvalue weighted by Crippen LogP contribution is -2.43. The fourth-order valence-corrected chi connectivity index (χ4v) is 3.59. The maximum Gasteiger partial charge on any atom is 0.318 e. The van der Waals surface area contributed by atoms with Crippen molar-refractivity contribution in [3.63, 3.8) is 0 Å². The average molecular weight is 379 g/mol. The number of hydrogen-bond acceptors (Lipinski definition) is 4. The molecule has 1 atom stereocenters. The van der Waals surface area contributed by atoms with Crippen molar-refractivity contribution >= 4 is 11.7 Å². The Labute approximate surface area is 164 Å². The van der Waals surface area contributed by atoms with Gasteiger partial charge in [0.25, 0.3) is 0 Å². The Bertz CT molecular complexity index is 949. The third kappa shape index (κ3) is 4.31. The predicted octanol–water partition coefficient (Wildman–Crippen LogP) is 2.93. The van der Waals surface area contributed by atoms with E-state index in [0.717, 1.165) is 36.4 Å². The summed E-state index contributed by atoms with van der Waals surface area (Å²) in [7, 11) is 0. The number of amides is 2. The lowest BCUT2D eigenvalue weighted by molar-refractivity contribution is 0.0794. The van der Waals surface area contributed by atoms with Crippen molar-refractivity contribution in [2.45, 2.75) is 39.0 Å². The standard InChI is InChI=1S/C21H25N5O2/c1-16-4-2-5-17(10-16)14-25(15-19-6-3-9-28-19)21(27)24-12-18-11-23-20-13-22-7-8-26(18)20/h2,4-5,7-8,10-11,13,19H,3,6,9,12,14-15H2,1H3,(H,24,27)/t19-/m0/s1. The van der Waals surface area contributed by atoms with E-state index in [1.807, 2.05) is 21.6 Å². The van der Waals surface area contributed by atoms with Gasteiger partial charge in [-0.25, -0.2) is 9.78 Å². The van der Waals surface area contributed by atoms with Crippen molar-refractivity contribution in [1.29, 1.82) is 0 Å². The second-order valence-corrected chi connectivity index (χ2v) is 7.22. The van der Waals surface area contributed by atoms with Crippen LogP contribution in [-0.4, -0.2) is 44.6 Å². The zero-order valence-electron chi connectivity index (χ0n) is 16.0. The van der Waals surface area contributed by atoms with Crippen molar-refractivity contribution in [3.8, 4) is 0 Å². The van der Waals surface area contributed by atoms with Crippen molar-refractivity contribution < 1.29 is 9.53 Å². The second-order valence-electron chi connectivity index (χ2n) is 7.22. The van der Waals surface area contributed by atoms with Crippen LogP contribution in [0.1, 0.15) is 29.7 Å². The highest BCUT2D eigenvalue weighted by Crippen LogP contribution is 2.16. The molecule has 7 heteroatoms. The molecule has 1 aliphatic rings. The first-order valence-electron chi connectivity index (χ1n) is 9.65. The van der Waals surface area contributed by atoms with Gasteiger partial charge < -0.3 is 15.0 Å². The van der Waals surface area contributed by atoms with E-state index in [1.54, 1.807) is 18.6 Å². The Hall–Kier alpha value is -2.93. The van der Waals surface area contributed by atoms with Crippen LogP contribution in [0, 0.1) is 6.92 Å². The molecule has 28 heavy (non-hydrogen) atoms. The molecule has 7 nitrogen and oxygen atoms in total. The topological polar surface area (TPSA) is 71.8 Å². The first-order valence-corrected chi connectivity index (χ1v) is 9.65. The summed E-state index contributed by atoms with van der Waals surface area (Å²) in [6, 6.07) is 8.17. The number of nitrogens with zero attached hydrogens (tertiary/aromatic N) is 4. The molecule has 4 rings (SSSR count). The number of ether oxygens (including phenoxy) is 1. The minimum Gasteiger partial charge on any atom is -0.376 e. The molecule has 1 saturated heterocycles. The van der Waals surface area contributed by atoms with Gasteiger partial charge in [0, 0.05) is 32.1 Å². The van der Waals surface area contributed by atoms with Gasteiger partial charge in [-0.2, -0.15) is 0 Å². The van der Waals surface area contributed by atoms with E-state index in [0.29, 0.717) is 19.6 Å². The SMILES string of the molecule is Cc1cccc(CN(C[C@@H]2CCCO2)C(=O)NCc2cnc3cnccn23)c1. The van der Waals surface area contributed by atoms with Gasteiger partial charge in [0.1, 0.15) is 0 Å². The van der Waals surface area contributed by atoms with Gasteiger partial charge in [0.15, 0.2) is 5.65 Å². The summed E-state index contributed by atoms with van der Waals surface area (Å²) >= 11 is 0. The number of rotatable bonds is 6. The van der Waals surface area contributed by atoms with Crippen LogP contribution in [0.15, 0.2) is 49.1 Å². The van der Waals surface area contributed by atoms with Gasteiger partial charge in [0.2, 0.25) is 0 Å². The van der Waals surface area contributed by atoms with Crippen LogP contribution in [0.4, 0.5) is 4.79 Å². The highest BCUT2D eigenvalue weighted by Gasteiger charge is 2.23. The summed E-state index contributed by atoms with van der Waals surface area (Å²) in [4.78, 5) is 23.2. The molecule has 3 heterocycles. The first-order chi connectivity index (χ1) is 13.7. The van der Waals surface area contributed by atoms with Crippen molar-refractivity contribution in [2.24, 2.45) is 0 Å². The summed E-state index contributed by atoms with van der Waals surface area (Å²) in [5.74, 6) is 0. The number of benzene rings is 1. The number of carbonyl (C=O) groups excluding carboxylic acids is 1. The quantitative estimate of drug-likeness (QED) is 0.715. The number of carbonyl (C=O) groups is 1. The molecule has 1 aliphatic heterocycles. The van der Waals surface area contributed by atoms with E-state index >= 15 is 0 Å². The summed E-state index contributed by atoms with van der Waals surface area (Å²) < 4.78 is 7.69. The molecule has 1 fully saturated rings. The molecule has 2 aromatic heterocycles. The van der Waals surface area contributed by atoms with Crippen molar-refractivity contribution in [2.75, 3.05) is 13.2 Å². The Morgan fingerprint density at radius 1 is 1.39 bits per heavy atom. The molecule has 0 bridgehead atoms. The molecule has 0 radical (unpaired) electrons. The van der Waals surface area contributed by atoms with Gasteiger partial charge >= 0.3 is 6.03 Å². The van der Waals surface area contributed by atoms with Crippen molar-refractivity contribution in [1.82, 2.24) is 24.6 Å². The Balaban J connectivity index is 1.45. The van der Waals surface area contributed by atoms with Gasteiger partial charge in [-0.05, 0) is 25.3 Å². The highest BCUT2D eigenvalue weighted by atomic mass is 16.5. The third-order valence-corrected chi connectivity index (χ3v) is 5.01. The van der Waals surface area contributed by atoms with Crippen LogP contribution in [-0.2, 0) is 17.8 Å². The lowest BCUT2D eigenvalue weighted by atomic mass is 10.1. The molecule has 3 aromatic rings. The zero-order chi connectivity index (χ0) is 19.3. The minimum atomic E-state index is -0.0963. The molecule has 0 unspecified atom stereocenters. The van der Waals surface area contributed by atoms with E-state index in [4.69, 9.17) is 4.74 Å². The number of aryl methyl sites for hydroxylation is 1. The van der Waals surface area contributed by atoms with Crippen LogP contribution < -0.4 is 5.32 Å². The number of urea groups is 1. The van der Waals surface area contributed by atoms with Gasteiger partial charge in [-0.3, -0.25) is 9.38 Å². The van der Waals surface area contributed by atoms with Gasteiger partial charge in [0.05, 0.1) is 30.7 Å². The fourth-order valence-electron chi connectivity index (χ4n) is 3.59. The van der Waals surface area contributed by atoms with Crippen LogP contribution >= 0.6 is 0 Å². The highest BCUT2D eigenvalue weighted by molar-refractivity contribution is 5.74. The maximum atomic E-state index is 13.0. The Morgan fingerprint density at radius 3 is 3.14 bits per heavy atom. The third-order valence-electron chi connectivity index (χ3n) is 5.01. The van der Waals surface area contributed by atoms with E-state index in [9.17, 15) is 4.79 Å². The normalized spacial score (nSPS) is 16.4. The van der Waals surface area contributed by atoms with Gasteiger partial charge in [-0.1, -0.05) is 29.8 Å². The fraction of sp³-hybridized carbons (Fsp3) is 0.381. The number of hydrogen-bond donors (Lipinski definition) is 1. The molecule has 1 aromatic carbocycles. The number of fused-ring (bicyclic) bond motifs is 1. The molecular formula is C21H25N5O2. The number of aromatic nitrogens is 3. The minimum absolute atomic E-state index is 0.0963. The second kappa shape index (κ2) is 8.39. The monoisotopic (exact) mass is 379 g/mol. The van der Waals surface area contributed by atoms with Crippen molar-refractivity contribution in [3.05, 3.63) is 65.9 Å². The molecule has 2 amide bonds. The van der Waals surface area contributed by atoms with Crippen LogP contribution in [0.3, 0.4) is 0 Å². The van der Waals surface area contributed by atoms with Crippen LogP contribution in [0.2, 0.25) is 0 Å². The van der Waals surface area contributed by atoms with E-state index in [1.165, 1.54) is 5.56 Å². The summed E-state index contributed by atoms with van der Waals surface area (Å²) in [6.07, 6.45) is 9.19. The summed E-state index contributed by atoms with van der Waals surface area (Å²) in [6.45, 7) is 4.40. The molecule has 0 aliphatic carbocycles. The molecule has 0 saturated carbocycles. The zero-order valence-corrected chi connectivity index (χ0v) is 16.0. The molecule has 1 N–H and O–H groups in total. The summed E-state index contributed by atoms with van der Waals surface area (Å²) in [5.41, 5.74) is 3.99. The largest absolute Gasteiger partial charge is 0.376 e. The van der Waals surface area contributed by atoms with Crippen LogP contribution in [0.5, 0.6) is 0 Å². The summed E-state index contributed by atoms with van der Waals surface area (Å²) in [5, 5.41) is 3.04. The lowest BCUT2D eigenvalue weighted by Gasteiger charge is -2.26. The van der Waals surface area contributed by atoms with E-state index in [2.05, 4.69) is 40.4 Å².